The zero-order valence-electron chi connectivity index (χ0n) is 45.5. The zero-order chi connectivity index (χ0) is 57.3. The lowest BCUT2D eigenvalue weighted by molar-refractivity contribution is -0.133. The maximum Gasteiger partial charge on any atom is 0.250 e. The Morgan fingerprint density at radius 2 is 1.13 bits per heavy atom. The molecule has 0 fully saturated rings. The quantitative estimate of drug-likeness (QED) is 0.0286. The summed E-state index contributed by atoms with van der Waals surface area (Å²) in [5, 5.41) is 32.0. The molecule has 17 N–H and O–H groups in total. The first-order valence-electron chi connectivity index (χ1n) is 25.9. The van der Waals surface area contributed by atoms with Gasteiger partial charge in [-0.15, -0.1) is 0 Å². The highest BCUT2D eigenvalue weighted by Gasteiger charge is 2.28. The highest BCUT2D eigenvalue weighted by molar-refractivity contribution is 5.95. The standard InChI is InChI=1S/C50H84N16O11/c1-30(2)16-37(17-31(3)4)64-49(75)39(18-38-22-55-29-61-38)65-42(69)25-60-50(76)46(32(5)6)66-43(70)26-59-47(73)33(7)62-41(68)24-56-40(67)23-57-44(71)27-77-28-45(72)63-36-10-8-34(9-11-36)19-58-48(74)35(20-53-14-12-51)21-54-15-13-52/h8-11,22,29-33,35,37,39,46,53-54H,12-21,23-28,51-52H2,1-7H3,(H,55,61)(H,56,67)(H,57,71)(H,58,74)(H,59,73)(H,60,76)(H,62,68)(H,63,72)(H,64,75)(H,65,69)(H,66,70)/t33-,39-,46?/m0/s1. The summed E-state index contributed by atoms with van der Waals surface area (Å²) in [5.74, 6) is -6.21. The van der Waals surface area contributed by atoms with Crippen molar-refractivity contribution in [2.24, 2.45) is 35.1 Å². The van der Waals surface area contributed by atoms with Crippen LogP contribution in [0, 0.1) is 23.7 Å². The molecule has 1 heterocycles. The Labute approximate surface area is 450 Å². The smallest absolute Gasteiger partial charge is 0.250 e. The van der Waals surface area contributed by atoms with Gasteiger partial charge < -0.3 is 85.0 Å². The predicted octanol–water partition coefficient (Wildman–Crippen LogP) is -3.89. The highest BCUT2D eigenvalue weighted by atomic mass is 16.5. The fourth-order valence-corrected chi connectivity index (χ4v) is 7.40. The lowest BCUT2D eigenvalue weighted by Crippen LogP contribution is -2.56. The summed E-state index contributed by atoms with van der Waals surface area (Å²) >= 11 is 0. The predicted molar refractivity (Wildman–Crippen MR) is 287 cm³/mol. The number of hydrogen-bond donors (Lipinski definition) is 15. The number of aromatic amines is 1. The van der Waals surface area contributed by atoms with Crippen LogP contribution in [0.1, 0.15) is 72.6 Å². The minimum atomic E-state index is -1.15. The molecular weight excluding hydrogens is 1000 g/mol. The summed E-state index contributed by atoms with van der Waals surface area (Å²) in [7, 11) is 0. The number of nitrogens with one attached hydrogen (secondary N) is 13. The molecule has 2 aromatic rings. The second kappa shape index (κ2) is 36.8. The monoisotopic (exact) mass is 1080 g/mol. The minimum absolute atomic E-state index is 0.106. The number of ether oxygens (including phenoxy) is 1. The maximum absolute atomic E-state index is 13.5. The van der Waals surface area contributed by atoms with Gasteiger partial charge in [0, 0.05) is 75.9 Å². The van der Waals surface area contributed by atoms with Crippen LogP contribution in [0.2, 0.25) is 0 Å². The number of hydrogen-bond acceptors (Lipinski definition) is 16. The number of aromatic nitrogens is 2. The van der Waals surface area contributed by atoms with Crippen molar-refractivity contribution in [2.75, 3.05) is 84.0 Å². The van der Waals surface area contributed by atoms with E-state index >= 15 is 0 Å². The van der Waals surface area contributed by atoms with Crippen molar-refractivity contribution in [3.63, 3.8) is 0 Å². The molecule has 27 heteroatoms. The molecule has 1 aromatic heterocycles. The molecule has 2 rings (SSSR count). The Morgan fingerprint density at radius 3 is 1.70 bits per heavy atom. The average molecular weight is 1090 g/mol. The van der Waals surface area contributed by atoms with E-state index in [1.54, 1.807) is 44.3 Å². The first kappa shape index (κ1) is 66.0. The van der Waals surface area contributed by atoms with E-state index in [1.807, 2.05) is 0 Å². The van der Waals surface area contributed by atoms with Crippen molar-refractivity contribution in [3.8, 4) is 0 Å². The van der Waals surface area contributed by atoms with Crippen LogP contribution in [-0.2, 0) is 65.6 Å². The summed E-state index contributed by atoms with van der Waals surface area (Å²) in [6, 6.07) is 3.43. The largest absolute Gasteiger partial charge is 0.362 e. The van der Waals surface area contributed by atoms with Gasteiger partial charge in [-0.3, -0.25) is 47.9 Å². The lowest BCUT2D eigenvalue weighted by atomic mass is 9.95. The Kier molecular flexibility index (Phi) is 31.6. The van der Waals surface area contributed by atoms with Gasteiger partial charge in [0.2, 0.25) is 59.1 Å². The van der Waals surface area contributed by atoms with Crippen molar-refractivity contribution in [1.29, 1.82) is 0 Å². The van der Waals surface area contributed by atoms with E-state index in [1.165, 1.54) is 13.3 Å². The number of anilines is 1. The van der Waals surface area contributed by atoms with Crippen molar-refractivity contribution in [2.45, 2.75) is 98.4 Å². The van der Waals surface area contributed by atoms with Crippen LogP contribution in [0.5, 0.6) is 0 Å². The zero-order valence-corrected chi connectivity index (χ0v) is 45.5. The number of H-pyrrole nitrogens is 1. The molecule has 0 spiro atoms. The molecule has 0 aliphatic carbocycles. The van der Waals surface area contributed by atoms with E-state index in [2.05, 4.69) is 101 Å². The SMILES string of the molecule is CC(C)CC(CC(C)C)NC(=O)[C@H](Cc1cnc[nH]1)NC(=O)CNC(=O)C(NC(=O)CNC(=O)[C@H](C)NC(=O)CNC(=O)CNC(=O)COCC(=O)Nc1ccc(CNC(=O)C(CNCCN)CNCCN)cc1)C(C)C. The van der Waals surface area contributed by atoms with E-state index in [0.29, 0.717) is 62.5 Å². The molecule has 27 nitrogen and oxygen atoms in total. The highest BCUT2D eigenvalue weighted by Crippen LogP contribution is 2.14. The number of nitrogens with two attached hydrogens (primary N) is 2. The third-order valence-electron chi connectivity index (χ3n) is 11.2. The van der Waals surface area contributed by atoms with Crippen molar-refractivity contribution < 1.29 is 52.7 Å². The molecule has 3 atom stereocenters. The van der Waals surface area contributed by atoms with E-state index in [9.17, 15) is 47.9 Å². The van der Waals surface area contributed by atoms with Crippen LogP contribution >= 0.6 is 0 Å². The van der Waals surface area contributed by atoms with Gasteiger partial charge in [-0.1, -0.05) is 53.7 Å². The molecular formula is C50H84N16O11. The summed E-state index contributed by atoms with van der Waals surface area (Å²) in [6.45, 7) is 13.0. The molecule has 0 saturated carbocycles. The maximum atomic E-state index is 13.5. The van der Waals surface area contributed by atoms with Crippen LogP contribution in [0.4, 0.5) is 5.69 Å². The molecule has 0 radical (unpaired) electrons. The van der Waals surface area contributed by atoms with Crippen LogP contribution in [0.3, 0.4) is 0 Å². The van der Waals surface area contributed by atoms with E-state index in [-0.39, 0.29) is 36.7 Å². The normalized spacial score (nSPS) is 12.3. The van der Waals surface area contributed by atoms with Gasteiger partial charge in [0.15, 0.2) is 0 Å². The van der Waals surface area contributed by atoms with Gasteiger partial charge >= 0.3 is 0 Å². The molecule has 77 heavy (non-hydrogen) atoms. The lowest BCUT2D eigenvalue weighted by Gasteiger charge is -2.26. The summed E-state index contributed by atoms with van der Waals surface area (Å²) < 4.78 is 5.15. The number of carbonyl (C=O) groups is 10. The van der Waals surface area contributed by atoms with Crippen molar-refractivity contribution >= 4 is 64.8 Å². The summed E-state index contributed by atoms with van der Waals surface area (Å²) in [6.07, 6.45) is 4.65. The van der Waals surface area contributed by atoms with Crippen LogP contribution in [-0.4, -0.2) is 172 Å². The van der Waals surface area contributed by atoms with Crippen LogP contribution < -0.4 is 75.3 Å². The molecule has 10 amide bonds. The van der Waals surface area contributed by atoms with Gasteiger partial charge in [0.25, 0.3) is 0 Å². The minimum Gasteiger partial charge on any atom is -0.362 e. The van der Waals surface area contributed by atoms with Crippen molar-refractivity contribution in [3.05, 3.63) is 48.0 Å². The van der Waals surface area contributed by atoms with Gasteiger partial charge in [-0.05, 0) is 55.2 Å². The second-order valence-electron chi connectivity index (χ2n) is 19.6. The molecule has 0 aliphatic heterocycles. The molecule has 1 aromatic carbocycles. The number of rotatable bonds is 38. The molecule has 1 unspecified atom stereocenters. The third-order valence-corrected chi connectivity index (χ3v) is 11.2. The summed E-state index contributed by atoms with van der Waals surface area (Å²) in [5.41, 5.74) is 12.9. The molecule has 430 valence electrons. The van der Waals surface area contributed by atoms with E-state index < -0.39 is 111 Å². The fourth-order valence-electron chi connectivity index (χ4n) is 7.40. The number of carbonyl (C=O) groups excluding carboxylic acids is 10. The number of amides is 10. The molecule has 0 bridgehead atoms. The van der Waals surface area contributed by atoms with Gasteiger partial charge in [-0.25, -0.2) is 4.98 Å². The Balaban J connectivity index is 1.70. The van der Waals surface area contributed by atoms with E-state index in [4.69, 9.17) is 16.2 Å². The van der Waals surface area contributed by atoms with E-state index in [0.717, 1.165) is 18.4 Å². The van der Waals surface area contributed by atoms with Gasteiger partial charge in [-0.2, -0.15) is 0 Å². The number of benzene rings is 1. The van der Waals surface area contributed by atoms with Crippen LogP contribution in [0.25, 0.3) is 0 Å². The first-order chi connectivity index (χ1) is 36.6. The average Bonchev–Trinajstić information content (AvgIpc) is 3.89. The van der Waals surface area contributed by atoms with Gasteiger partial charge in [0.05, 0.1) is 38.4 Å². The Hall–Kier alpha value is -7.07. The number of imidazole rings is 1. The topological polar surface area (TPSA) is 405 Å². The number of nitrogens with zero attached hydrogens (tertiary/aromatic N) is 1. The van der Waals surface area contributed by atoms with Crippen molar-refractivity contribution in [1.82, 2.24) is 68.5 Å². The second-order valence-corrected chi connectivity index (χ2v) is 19.6. The fraction of sp³-hybridized carbons (Fsp3) is 0.620. The molecule has 0 saturated heterocycles. The van der Waals surface area contributed by atoms with Gasteiger partial charge in [0.1, 0.15) is 31.3 Å². The molecule has 0 aliphatic rings. The third kappa shape index (κ3) is 29.1. The Bertz CT molecular complexity index is 2160. The summed E-state index contributed by atoms with van der Waals surface area (Å²) in [4.78, 5) is 134. The van der Waals surface area contributed by atoms with Crippen LogP contribution in [0.15, 0.2) is 36.8 Å². The Morgan fingerprint density at radius 1 is 0.584 bits per heavy atom. The first-order valence-corrected chi connectivity index (χ1v) is 25.9.